The maximum absolute atomic E-state index is 13.0. The number of benzene rings is 2. The van der Waals surface area contributed by atoms with Crippen LogP contribution in [0.4, 0.5) is 10.5 Å². The molecule has 2 aromatic carbocycles. The van der Waals surface area contributed by atoms with Gasteiger partial charge in [-0.25, -0.2) is 4.79 Å². The summed E-state index contributed by atoms with van der Waals surface area (Å²) in [4.78, 5) is 27.2. The van der Waals surface area contributed by atoms with Crippen LogP contribution in [0.1, 0.15) is 30.4 Å². The number of amides is 3. The largest absolute Gasteiger partial charge is 0.497 e. The van der Waals surface area contributed by atoms with Crippen molar-refractivity contribution in [1.29, 1.82) is 0 Å². The normalized spacial score (nSPS) is 17.0. The fourth-order valence-electron chi connectivity index (χ4n) is 3.34. The van der Waals surface area contributed by atoms with Crippen LogP contribution in [0, 0.1) is 6.92 Å². The Balaban J connectivity index is 1.62. The Morgan fingerprint density at radius 3 is 2.71 bits per heavy atom. The molecular weight excluding hydrogens is 354 g/mol. The molecule has 3 amide bonds. The van der Waals surface area contributed by atoms with Crippen molar-refractivity contribution in [2.45, 2.75) is 38.8 Å². The number of hydrogen-bond acceptors (Lipinski definition) is 3. The zero-order valence-corrected chi connectivity index (χ0v) is 16.4. The predicted molar refractivity (Wildman–Crippen MR) is 109 cm³/mol. The first kappa shape index (κ1) is 19.7. The van der Waals surface area contributed by atoms with Crippen LogP contribution >= 0.6 is 0 Å². The lowest BCUT2D eigenvalue weighted by atomic mass is 10.1. The molecule has 28 heavy (non-hydrogen) atoms. The summed E-state index contributed by atoms with van der Waals surface area (Å²) in [6.07, 6.45) is 2.49. The van der Waals surface area contributed by atoms with Crippen molar-refractivity contribution >= 4 is 17.6 Å². The number of carbonyl (C=O) groups is 2. The molecule has 1 heterocycles. The van der Waals surface area contributed by atoms with Crippen molar-refractivity contribution in [3.63, 3.8) is 0 Å². The molecule has 0 radical (unpaired) electrons. The Bertz CT molecular complexity index is 820. The lowest BCUT2D eigenvalue weighted by molar-refractivity contribution is -0.133. The number of nitrogens with one attached hydrogen (secondary N) is 2. The van der Waals surface area contributed by atoms with Gasteiger partial charge in [0.1, 0.15) is 11.8 Å². The van der Waals surface area contributed by atoms with Gasteiger partial charge in [-0.2, -0.15) is 0 Å². The molecule has 6 heteroatoms. The third-order valence-electron chi connectivity index (χ3n) is 4.91. The van der Waals surface area contributed by atoms with Gasteiger partial charge in [0, 0.05) is 24.8 Å². The molecule has 0 aromatic heterocycles. The van der Waals surface area contributed by atoms with Crippen molar-refractivity contribution in [3.05, 3.63) is 59.7 Å². The van der Waals surface area contributed by atoms with Gasteiger partial charge in [-0.1, -0.05) is 35.9 Å². The molecule has 3 rings (SSSR count). The van der Waals surface area contributed by atoms with Gasteiger partial charge in [0.2, 0.25) is 5.91 Å². The highest BCUT2D eigenvalue weighted by atomic mass is 16.5. The van der Waals surface area contributed by atoms with E-state index in [1.807, 2.05) is 24.0 Å². The van der Waals surface area contributed by atoms with Gasteiger partial charge in [-0.3, -0.25) is 4.79 Å². The quantitative estimate of drug-likeness (QED) is 0.829. The summed E-state index contributed by atoms with van der Waals surface area (Å²) in [5.74, 6) is 0.631. The van der Waals surface area contributed by atoms with Crippen molar-refractivity contribution in [3.8, 4) is 5.75 Å². The Kier molecular flexibility index (Phi) is 6.53. The van der Waals surface area contributed by atoms with E-state index in [2.05, 4.69) is 22.8 Å². The number of aryl methyl sites for hydroxylation is 1. The molecule has 148 valence electrons. The SMILES string of the molecule is COc1cccc(NC(=O)NC2CCCCN(Cc3ccc(C)cc3)C2=O)c1. The van der Waals surface area contributed by atoms with Gasteiger partial charge in [0.05, 0.1) is 7.11 Å². The molecule has 0 spiro atoms. The van der Waals surface area contributed by atoms with Gasteiger partial charge in [0.25, 0.3) is 0 Å². The standard InChI is InChI=1S/C22H27N3O3/c1-16-9-11-17(12-10-16)15-25-13-4-3-8-20(21(25)26)24-22(27)23-18-6-5-7-19(14-18)28-2/h5-7,9-12,14,20H,3-4,8,13,15H2,1-2H3,(H2,23,24,27). The molecule has 2 N–H and O–H groups in total. The van der Waals surface area contributed by atoms with E-state index in [9.17, 15) is 9.59 Å². The summed E-state index contributed by atoms with van der Waals surface area (Å²) in [6.45, 7) is 3.32. The van der Waals surface area contributed by atoms with E-state index in [0.717, 1.165) is 18.4 Å². The molecule has 1 unspecified atom stereocenters. The average molecular weight is 381 g/mol. The average Bonchev–Trinajstić information content (AvgIpc) is 2.86. The Hall–Kier alpha value is -3.02. The van der Waals surface area contributed by atoms with Crippen LogP contribution < -0.4 is 15.4 Å². The molecule has 0 saturated carbocycles. The lowest BCUT2D eigenvalue weighted by Gasteiger charge is -2.25. The minimum Gasteiger partial charge on any atom is -0.497 e. The second-order valence-electron chi connectivity index (χ2n) is 7.12. The molecule has 1 aliphatic rings. The third-order valence-corrected chi connectivity index (χ3v) is 4.91. The van der Waals surface area contributed by atoms with Crippen LogP contribution in [0.25, 0.3) is 0 Å². The first-order chi connectivity index (χ1) is 13.5. The minimum absolute atomic E-state index is 0.0288. The molecule has 6 nitrogen and oxygen atoms in total. The fraction of sp³-hybridized carbons (Fsp3) is 0.364. The summed E-state index contributed by atoms with van der Waals surface area (Å²) >= 11 is 0. The Morgan fingerprint density at radius 2 is 1.96 bits per heavy atom. The fourth-order valence-corrected chi connectivity index (χ4v) is 3.34. The number of anilines is 1. The van der Waals surface area contributed by atoms with Crippen LogP contribution in [0.2, 0.25) is 0 Å². The van der Waals surface area contributed by atoms with E-state index in [1.54, 1.807) is 31.4 Å². The summed E-state index contributed by atoms with van der Waals surface area (Å²) in [7, 11) is 1.58. The van der Waals surface area contributed by atoms with Crippen LogP contribution in [0.5, 0.6) is 5.75 Å². The number of nitrogens with zero attached hydrogens (tertiary/aromatic N) is 1. The Morgan fingerprint density at radius 1 is 1.18 bits per heavy atom. The molecule has 1 saturated heterocycles. The van der Waals surface area contributed by atoms with E-state index < -0.39 is 6.04 Å². The highest BCUT2D eigenvalue weighted by Crippen LogP contribution is 2.18. The van der Waals surface area contributed by atoms with E-state index in [0.29, 0.717) is 30.9 Å². The van der Waals surface area contributed by atoms with Gasteiger partial charge in [-0.15, -0.1) is 0 Å². The second-order valence-corrected chi connectivity index (χ2v) is 7.12. The topological polar surface area (TPSA) is 70.7 Å². The molecule has 2 aromatic rings. The van der Waals surface area contributed by atoms with Crippen molar-refractivity contribution in [2.24, 2.45) is 0 Å². The smallest absolute Gasteiger partial charge is 0.319 e. The number of likely N-dealkylation sites (tertiary alicyclic amines) is 1. The minimum atomic E-state index is -0.515. The van der Waals surface area contributed by atoms with Crippen LogP contribution in [0.15, 0.2) is 48.5 Å². The third kappa shape index (κ3) is 5.25. The maximum atomic E-state index is 13.0. The van der Waals surface area contributed by atoms with E-state index in [-0.39, 0.29) is 11.9 Å². The van der Waals surface area contributed by atoms with Gasteiger partial charge < -0.3 is 20.3 Å². The monoisotopic (exact) mass is 381 g/mol. The second kappa shape index (κ2) is 9.26. The van der Waals surface area contributed by atoms with Crippen LogP contribution in [-0.2, 0) is 11.3 Å². The van der Waals surface area contributed by atoms with Gasteiger partial charge in [-0.05, 0) is 43.9 Å². The van der Waals surface area contributed by atoms with E-state index in [4.69, 9.17) is 4.74 Å². The number of hydrogen-bond donors (Lipinski definition) is 2. The van der Waals surface area contributed by atoms with Crippen molar-refractivity contribution < 1.29 is 14.3 Å². The van der Waals surface area contributed by atoms with E-state index >= 15 is 0 Å². The molecule has 0 aliphatic carbocycles. The summed E-state index contributed by atoms with van der Waals surface area (Å²) in [5, 5.41) is 5.61. The number of ether oxygens (including phenoxy) is 1. The molecular formula is C22H27N3O3. The number of rotatable bonds is 5. The summed E-state index contributed by atoms with van der Waals surface area (Å²) in [5.41, 5.74) is 2.91. The predicted octanol–water partition coefficient (Wildman–Crippen LogP) is 3.71. The summed E-state index contributed by atoms with van der Waals surface area (Å²) in [6, 6.07) is 14.4. The lowest BCUT2D eigenvalue weighted by Crippen LogP contribution is -2.48. The number of carbonyl (C=O) groups excluding carboxylic acids is 2. The number of methoxy groups -OCH3 is 1. The summed E-state index contributed by atoms with van der Waals surface area (Å²) < 4.78 is 5.17. The van der Waals surface area contributed by atoms with Gasteiger partial charge >= 0.3 is 6.03 Å². The van der Waals surface area contributed by atoms with Gasteiger partial charge in [0.15, 0.2) is 0 Å². The Labute approximate surface area is 165 Å². The zero-order chi connectivity index (χ0) is 19.9. The first-order valence-electron chi connectivity index (χ1n) is 9.61. The van der Waals surface area contributed by atoms with Crippen molar-refractivity contribution in [1.82, 2.24) is 10.2 Å². The van der Waals surface area contributed by atoms with Crippen LogP contribution in [-0.4, -0.2) is 36.5 Å². The van der Waals surface area contributed by atoms with E-state index in [1.165, 1.54) is 5.56 Å². The van der Waals surface area contributed by atoms with Crippen molar-refractivity contribution in [2.75, 3.05) is 19.0 Å². The van der Waals surface area contributed by atoms with Crippen LogP contribution in [0.3, 0.4) is 0 Å². The highest BCUT2D eigenvalue weighted by molar-refractivity contribution is 5.94. The number of urea groups is 1. The molecule has 0 bridgehead atoms. The zero-order valence-electron chi connectivity index (χ0n) is 16.4. The molecule has 1 aliphatic heterocycles. The highest BCUT2D eigenvalue weighted by Gasteiger charge is 2.28. The maximum Gasteiger partial charge on any atom is 0.319 e. The first-order valence-corrected chi connectivity index (χ1v) is 9.61. The molecule has 1 fully saturated rings. The molecule has 1 atom stereocenters.